The van der Waals surface area contributed by atoms with Gasteiger partial charge in [-0.15, -0.1) is 25.3 Å². The van der Waals surface area contributed by atoms with Crippen molar-refractivity contribution < 1.29 is 15.0 Å². The molecular weight excluding hydrogens is 208 g/mol. The SMILES string of the molecule is CO.O=C(O)c1cc(S)cc(S)c1. The molecule has 0 aliphatic carbocycles. The van der Waals surface area contributed by atoms with Crippen LogP contribution in [0.2, 0.25) is 0 Å². The number of carbonyl (C=O) groups is 1. The van der Waals surface area contributed by atoms with Gasteiger partial charge in [-0.1, -0.05) is 0 Å². The van der Waals surface area contributed by atoms with E-state index in [1.54, 1.807) is 6.07 Å². The van der Waals surface area contributed by atoms with E-state index in [0.29, 0.717) is 9.79 Å². The van der Waals surface area contributed by atoms with Crippen molar-refractivity contribution in [2.24, 2.45) is 0 Å². The second kappa shape index (κ2) is 5.90. The van der Waals surface area contributed by atoms with Gasteiger partial charge in [-0.3, -0.25) is 0 Å². The molecule has 0 saturated carbocycles. The summed E-state index contributed by atoms with van der Waals surface area (Å²) < 4.78 is 0. The van der Waals surface area contributed by atoms with Crippen LogP contribution >= 0.6 is 25.3 Å². The number of hydrogen-bond donors (Lipinski definition) is 4. The van der Waals surface area contributed by atoms with Crippen molar-refractivity contribution in [1.29, 1.82) is 0 Å². The van der Waals surface area contributed by atoms with Gasteiger partial charge in [-0.2, -0.15) is 0 Å². The third-order valence-corrected chi connectivity index (χ3v) is 1.67. The molecule has 0 fully saturated rings. The Morgan fingerprint density at radius 1 is 1.15 bits per heavy atom. The summed E-state index contributed by atoms with van der Waals surface area (Å²) in [6, 6.07) is 4.63. The van der Waals surface area contributed by atoms with Crippen LogP contribution in [0.25, 0.3) is 0 Å². The van der Waals surface area contributed by atoms with Crippen LogP contribution in [0.1, 0.15) is 10.4 Å². The number of benzene rings is 1. The van der Waals surface area contributed by atoms with Crippen LogP contribution in [0.4, 0.5) is 0 Å². The Morgan fingerprint density at radius 2 is 1.54 bits per heavy atom. The molecule has 1 aromatic carbocycles. The van der Waals surface area contributed by atoms with Gasteiger partial charge in [0.15, 0.2) is 0 Å². The van der Waals surface area contributed by atoms with Crippen molar-refractivity contribution in [3.8, 4) is 0 Å². The minimum atomic E-state index is -0.962. The lowest BCUT2D eigenvalue weighted by Gasteiger charge is -1.97. The van der Waals surface area contributed by atoms with Crippen molar-refractivity contribution in [3.05, 3.63) is 23.8 Å². The average Bonchev–Trinajstić information content (AvgIpc) is 2.06. The smallest absolute Gasteiger partial charge is 0.335 e. The fourth-order valence-corrected chi connectivity index (χ4v) is 1.38. The first kappa shape index (κ1) is 12.3. The maximum atomic E-state index is 10.4. The molecule has 0 unspecified atom stereocenters. The average molecular weight is 218 g/mol. The van der Waals surface area contributed by atoms with Gasteiger partial charge in [0.25, 0.3) is 0 Å². The van der Waals surface area contributed by atoms with Gasteiger partial charge in [0.05, 0.1) is 5.56 Å². The molecule has 0 amide bonds. The summed E-state index contributed by atoms with van der Waals surface area (Å²) in [6.45, 7) is 0. The Balaban J connectivity index is 0.000000671. The van der Waals surface area contributed by atoms with Crippen molar-refractivity contribution >= 4 is 31.2 Å². The highest BCUT2D eigenvalue weighted by atomic mass is 32.1. The van der Waals surface area contributed by atoms with Crippen molar-refractivity contribution in [2.75, 3.05) is 7.11 Å². The van der Waals surface area contributed by atoms with Gasteiger partial charge in [0.2, 0.25) is 0 Å². The van der Waals surface area contributed by atoms with E-state index in [1.807, 2.05) is 0 Å². The molecule has 3 nitrogen and oxygen atoms in total. The minimum Gasteiger partial charge on any atom is -0.478 e. The molecule has 0 aromatic heterocycles. The Kier molecular flexibility index (Phi) is 5.61. The predicted molar refractivity (Wildman–Crippen MR) is 56.0 cm³/mol. The third-order valence-electron chi connectivity index (χ3n) is 1.15. The molecule has 2 N–H and O–H groups in total. The topological polar surface area (TPSA) is 57.5 Å². The second-order valence-corrected chi connectivity index (χ2v) is 3.08. The highest BCUT2D eigenvalue weighted by molar-refractivity contribution is 7.81. The number of carboxylic acids is 1. The van der Waals surface area contributed by atoms with E-state index in [0.717, 1.165) is 7.11 Å². The van der Waals surface area contributed by atoms with Crippen molar-refractivity contribution in [2.45, 2.75) is 9.79 Å². The standard InChI is InChI=1S/C7H6O2S2.CH4O/c8-7(9)4-1-5(10)3-6(11)2-4;1-2/h1-3,10-11H,(H,8,9);2H,1H3. The lowest BCUT2D eigenvalue weighted by molar-refractivity contribution is 0.0696. The molecule has 0 radical (unpaired) electrons. The summed E-state index contributed by atoms with van der Waals surface area (Å²) in [4.78, 5) is 11.7. The number of aliphatic hydroxyl groups excluding tert-OH is 1. The first-order valence-electron chi connectivity index (χ1n) is 3.30. The van der Waals surface area contributed by atoms with E-state index in [1.165, 1.54) is 12.1 Å². The Hall–Kier alpha value is -0.650. The molecule has 0 saturated heterocycles. The summed E-state index contributed by atoms with van der Waals surface area (Å²) in [7, 11) is 1.00. The molecule has 0 aliphatic rings. The predicted octanol–water partition coefficient (Wildman–Crippen LogP) is 1.57. The van der Waals surface area contributed by atoms with Crippen LogP contribution in [0.3, 0.4) is 0 Å². The van der Waals surface area contributed by atoms with Gasteiger partial charge in [-0.05, 0) is 18.2 Å². The largest absolute Gasteiger partial charge is 0.478 e. The van der Waals surface area contributed by atoms with Crippen LogP contribution in [0.15, 0.2) is 28.0 Å². The number of rotatable bonds is 1. The van der Waals surface area contributed by atoms with E-state index < -0.39 is 5.97 Å². The quantitative estimate of drug-likeness (QED) is 0.541. The molecular formula is C8H10O3S2. The molecule has 5 heteroatoms. The van der Waals surface area contributed by atoms with E-state index in [9.17, 15) is 4.79 Å². The lowest BCUT2D eigenvalue weighted by atomic mass is 10.2. The number of aliphatic hydroxyl groups is 1. The maximum absolute atomic E-state index is 10.4. The highest BCUT2D eigenvalue weighted by Crippen LogP contribution is 2.15. The van der Waals surface area contributed by atoms with Crippen LogP contribution in [-0.2, 0) is 0 Å². The third kappa shape index (κ3) is 4.21. The fraction of sp³-hybridized carbons (Fsp3) is 0.125. The molecule has 0 bridgehead atoms. The molecule has 72 valence electrons. The number of hydrogen-bond acceptors (Lipinski definition) is 4. The first-order chi connectivity index (χ1) is 6.09. The van der Waals surface area contributed by atoms with Crippen molar-refractivity contribution in [3.63, 3.8) is 0 Å². The second-order valence-electron chi connectivity index (χ2n) is 2.04. The van der Waals surface area contributed by atoms with Gasteiger partial charge < -0.3 is 10.2 Å². The number of thiol groups is 2. The monoisotopic (exact) mass is 218 g/mol. The van der Waals surface area contributed by atoms with E-state index >= 15 is 0 Å². The molecule has 0 spiro atoms. The summed E-state index contributed by atoms with van der Waals surface area (Å²) in [6.07, 6.45) is 0. The molecule has 0 atom stereocenters. The molecule has 0 heterocycles. The molecule has 1 aromatic rings. The fourth-order valence-electron chi connectivity index (χ4n) is 0.719. The lowest BCUT2D eigenvalue weighted by Crippen LogP contribution is -1.95. The summed E-state index contributed by atoms with van der Waals surface area (Å²) >= 11 is 8.01. The van der Waals surface area contributed by atoms with Crippen LogP contribution < -0.4 is 0 Å². The van der Waals surface area contributed by atoms with Crippen LogP contribution in [0.5, 0.6) is 0 Å². The van der Waals surface area contributed by atoms with E-state index in [4.69, 9.17) is 10.2 Å². The zero-order chi connectivity index (χ0) is 10.4. The molecule has 0 aliphatic heterocycles. The summed E-state index contributed by atoms with van der Waals surface area (Å²) in [5, 5.41) is 15.6. The number of carboxylic acid groups (broad SMARTS) is 1. The van der Waals surface area contributed by atoms with Crippen LogP contribution in [-0.4, -0.2) is 23.3 Å². The minimum absolute atomic E-state index is 0.211. The summed E-state index contributed by atoms with van der Waals surface area (Å²) in [5.41, 5.74) is 0.211. The van der Waals surface area contributed by atoms with Gasteiger partial charge >= 0.3 is 5.97 Å². The molecule has 1 rings (SSSR count). The Bertz CT molecular complexity index is 279. The maximum Gasteiger partial charge on any atom is 0.335 e. The Morgan fingerprint density at radius 3 is 1.85 bits per heavy atom. The summed E-state index contributed by atoms with van der Waals surface area (Å²) in [5.74, 6) is -0.962. The Labute approximate surface area is 87.2 Å². The number of aromatic carboxylic acids is 1. The van der Waals surface area contributed by atoms with Crippen molar-refractivity contribution in [1.82, 2.24) is 0 Å². The van der Waals surface area contributed by atoms with Gasteiger partial charge in [0.1, 0.15) is 0 Å². The molecule has 13 heavy (non-hydrogen) atoms. The zero-order valence-corrected chi connectivity index (χ0v) is 8.72. The zero-order valence-electron chi connectivity index (χ0n) is 6.93. The first-order valence-corrected chi connectivity index (χ1v) is 4.20. The van der Waals surface area contributed by atoms with Crippen LogP contribution in [0, 0.1) is 0 Å². The normalized spacial score (nSPS) is 8.62. The van der Waals surface area contributed by atoms with Gasteiger partial charge in [0, 0.05) is 16.9 Å². The highest BCUT2D eigenvalue weighted by Gasteiger charge is 2.02. The van der Waals surface area contributed by atoms with Gasteiger partial charge in [-0.25, -0.2) is 4.79 Å². The van der Waals surface area contributed by atoms with E-state index in [2.05, 4.69) is 25.3 Å². The van der Waals surface area contributed by atoms with E-state index in [-0.39, 0.29) is 5.56 Å².